The summed E-state index contributed by atoms with van der Waals surface area (Å²) in [5, 5.41) is 14.3. The predicted molar refractivity (Wildman–Crippen MR) is 109 cm³/mol. The molecule has 0 saturated heterocycles. The Morgan fingerprint density at radius 2 is 1.67 bits per heavy atom. The van der Waals surface area contributed by atoms with Crippen LogP contribution in [-0.2, 0) is 32.1 Å². The average molecular weight is 414 g/mol. The van der Waals surface area contributed by atoms with E-state index in [1.807, 2.05) is 49.4 Å². The van der Waals surface area contributed by atoms with Gasteiger partial charge in [-0.3, -0.25) is 4.79 Å². The molecule has 0 aliphatic carbocycles. The number of amides is 2. The van der Waals surface area contributed by atoms with Crippen molar-refractivity contribution in [3.8, 4) is 0 Å². The number of nitrogens with one attached hydrogen (secondary N) is 2. The smallest absolute Gasteiger partial charge is 0.408 e. The van der Waals surface area contributed by atoms with Gasteiger partial charge in [0.15, 0.2) is 0 Å². The maximum absolute atomic E-state index is 12.5. The first-order valence-corrected chi connectivity index (χ1v) is 9.44. The summed E-state index contributed by atoms with van der Waals surface area (Å²) < 4.78 is 9.83. The van der Waals surface area contributed by atoms with Crippen LogP contribution >= 0.6 is 0 Å². The van der Waals surface area contributed by atoms with Crippen molar-refractivity contribution in [2.75, 3.05) is 13.7 Å². The molecule has 0 aliphatic rings. The summed E-state index contributed by atoms with van der Waals surface area (Å²) in [5.41, 5.74) is 2.63. The molecule has 30 heavy (non-hydrogen) atoms. The van der Waals surface area contributed by atoms with Gasteiger partial charge < -0.3 is 25.2 Å². The minimum Gasteiger partial charge on any atom is -0.467 e. The molecule has 2 aromatic carbocycles. The Labute approximate surface area is 175 Å². The molecule has 0 unspecified atom stereocenters. The predicted octanol–water partition coefficient (Wildman–Crippen LogP) is 1.48. The van der Waals surface area contributed by atoms with Crippen LogP contribution in [0.25, 0.3) is 0 Å². The largest absolute Gasteiger partial charge is 0.467 e. The van der Waals surface area contributed by atoms with Crippen molar-refractivity contribution in [3.05, 3.63) is 71.3 Å². The minimum atomic E-state index is -1.28. The summed E-state index contributed by atoms with van der Waals surface area (Å²) in [4.78, 5) is 36.6. The van der Waals surface area contributed by atoms with Crippen LogP contribution in [-0.4, -0.2) is 48.9 Å². The first kappa shape index (κ1) is 22.9. The lowest BCUT2D eigenvalue weighted by atomic mass is 10.0. The average Bonchev–Trinajstić information content (AvgIpc) is 2.75. The van der Waals surface area contributed by atoms with Crippen molar-refractivity contribution >= 4 is 18.0 Å². The number of esters is 1. The molecule has 2 amide bonds. The Morgan fingerprint density at radius 1 is 0.967 bits per heavy atom. The minimum absolute atomic E-state index is 0.0184. The normalized spacial score (nSPS) is 12.4. The Balaban J connectivity index is 1.95. The summed E-state index contributed by atoms with van der Waals surface area (Å²) in [5.74, 6) is -1.36. The molecular weight excluding hydrogens is 388 g/mol. The van der Waals surface area contributed by atoms with Crippen LogP contribution in [0.15, 0.2) is 54.6 Å². The molecule has 8 nitrogen and oxygen atoms in total. The van der Waals surface area contributed by atoms with Gasteiger partial charge in [-0.2, -0.15) is 0 Å². The molecule has 0 aromatic heterocycles. The van der Waals surface area contributed by atoms with Crippen LogP contribution in [0.3, 0.4) is 0 Å². The number of methoxy groups -OCH3 is 1. The summed E-state index contributed by atoms with van der Waals surface area (Å²) in [6.07, 6.45) is -0.655. The summed E-state index contributed by atoms with van der Waals surface area (Å²) in [6, 6.07) is 14.3. The van der Waals surface area contributed by atoms with Crippen LogP contribution in [0, 0.1) is 6.92 Å². The zero-order chi connectivity index (χ0) is 21.9. The standard InChI is InChI=1S/C22H26N2O6/c1-15-7-6-10-17(11-15)12-18(21(27)29-2)23-20(26)19(13-25)24-22(28)30-14-16-8-4-3-5-9-16/h3-11,18-19,25H,12-14H2,1-2H3,(H,23,26)(H,24,28)/t18-,19+/m1/s1. The molecule has 3 N–H and O–H groups in total. The number of benzene rings is 2. The van der Waals surface area contributed by atoms with Gasteiger partial charge in [-0.15, -0.1) is 0 Å². The van der Waals surface area contributed by atoms with Gasteiger partial charge in [0.25, 0.3) is 0 Å². The lowest BCUT2D eigenvalue weighted by Crippen LogP contribution is -2.54. The third-order valence-corrected chi connectivity index (χ3v) is 4.33. The molecule has 160 valence electrons. The molecule has 8 heteroatoms. The second kappa shape index (κ2) is 11.6. The van der Waals surface area contributed by atoms with Crippen molar-refractivity contribution in [2.24, 2.45) is 0 Å². The van der Waals surface area contributed by atoms with Gasteiger partial charge in [0.1, 0.15) is 18.7 Å². The van der Waals surface area contributed by atoms with Crippen molar-refractivity contribution < 1.29 is 29.0 Å². The molecule has 2 rings (SSSR count). The number of carbonyl (C=O) groups excluding carboxylic acids is 3. The third-order valence-electron chi connectivity index (χ3n) is 4.33. The number of hydrogen-bond acceptors (Lipinski definition) is 6. The monoisotopic (exact) mass is 414 g/mol. The van der Waals surface area contributed by atoms with Crippen LogP contribution in [0.1, 0.15) is 16.7 Å². The van der Waals surface area contributed by atoms with E-state index in [1.165, 1.54) is 7.11 Å². The lowest BCUT2D eigenvalue weighted by molar-refractivity contribution is -0.145. The summed E-state index contributed by atoms with van der Waals surface area (Å²) >= 11 is 0. The van der Waals surface area contributed by atoms with Crippen molar-refractivity contribution in [2.45, 2.75) is 32.0 Å². The number of hydrogen-bond donors (Lipinski definition) is 3. The Morgan fingerprint density at radius 3 is 2.30 bits per heavy atom. The summed E-state index contributed by atoms with van der Waals surface area (Å²) in [7, 11) is 1.22. The highest BCUT2D eigenvalue weighted by molar-refractivity contribution is 5.89. The quantitative estimate of drug-likeness (QED) is 0.536. The topological polar surface area (TPSA) is 114 Å². The fourth-order valence-electron chi connectivity index (χ4n) is 2.78. The van der Waals surface area contributed by atoms with E-state index in [0.29, 0.717) is 0 Å². The number of aryl methyl sites for hydroxylation is 1. The maximum atomic E-state index is 12.5. The van der Waals surface area contributed by atoms with E-state index in [-0.39, 0.29) is 13.0 Å². The molecule has 0 heterocycles. The third kappa shape index (κ3) is 7.21. The first-order valence-electron chi connectivity index (χ1n) is 9.44. The van der Waals surface area contributed by atoms with Gasteiger partial charge in [0, 0.05) is 6.42 Å². The van der Waals surface area contributed by atoms with Crippen LogP contribution in [0.5, 0.6) is 0 Å². The highest BCUT2D eigenvalue weighted by atomic mass is 16.5. The Bertz CT molecular complexity index is 856. The fraction of sp³-hybridized carbons (Fsp3) is 0.318. The number of alkyl carbamates (subject to hydrolysis) is 1. The van der Waals surface area contributed by atoms with E-state index in [2.05, 4.69) is 10.6 Å². The highest BCUT2D eigenvalue weighted by Crippen LogP contribution is 2.08. The maximum Gasteiger partial charge on any atom is 0.408 e. The van der Waals surface area contributed by atoms with E-state index in [1.54, 1.807) is 12.1 Å². The lowest BCUT2D eigenvalue weighted by Gasteiger charge is -2.21. The van der Waals surface area contributed by atoms with E-state index in [9.17, 15) is 19.5 Å². The van der Waals surface area contributed by atoms with E-state index >= 15 is 0 Å². The fourth-order valence-corrected chi connectivity index (χ4v) is 2.78. The first-order chi connectivity index (χ1) is 14.4. The SMILES string of the molecule is COC(=O)[C@@H](Cc1cccc(C)c1)NC(=O)[C@H](CO)NC(=O)OCc1ccccc1. The number of aliphatic hydroxyl groups excluding tert-OH is 1. The van der Waals surface area contributed by atoms with Crippen LogP contribution < -0.4 is 10.6 Å². The number of carbonyl (C=O) groups is 3. The van der Waals surface area contributed by atoms with Gasteiger partial charge in [0.2, 0.25) is 5.91 Å². The zero-order valence-corrected chi connectivity index (χ0v) is 17.0. The van der Waals surface area contributed by atoms with Gasteiger partial charge in [-0.25, -0.2) is 9.59 Å². The van der Waals surface area contributed by atoms with E-state index in [4.69, 9.17) is 9.47 Å². The van der Waals surface area contributed by atoms with E-state index in [0.717, 1.165) is 16.7 Å². The van der Waals surface area contributed by atoms with Crippen molar-refractivity contribution in [1.29, 1.82) is 0 Å². The number of rotatable bonds is 9. The van der Waals surface area contributed by atoms with Crippen molar-refractivity contribution in [3.63, 3.8) is 0 Å². The highest BCUT2D eigenvalue weighted by Gasteiger charge is 2.27. The van der Waals surface area contributed by atoms with Crippen LogP contribution in [0.2, 0.25) is 0 Å². The number of aliphatic hydroxyl groups is 1. The van der Waals surface area contributed by atoms with Crippen LogP contribution in [0.4, 0.5) is 4.79 Å². The zero-order valence-electron chi connectivity index (χ0n) is 17.0. The van der Waals surface area contributed by atoms with Gasteiger partial charge >= 0.3 is 12.1 Å². The van der Waals surface area contributed by atoms with E-state index < -0.39 is 36.7 Å². The van der Waals surface area contributed by atoms with Crippen molar-refractivity contribution in [1.82, 2.24) is 10.6 Å². The molecule has 0 spiro atoms. The van der Waals surface area contributed by atoms with Gasteiger partial charge in [-0.1, -0.05) is 60.2 Å². The second-order valence-electron chi connectivity index (χ2n) is 6.72. The second-order valence-corrected chi connectivity index (χ2v) is 6.72. The molecule has 0 radical (unpaired) electrons. The van der Waals surface area contributed by atoms with Gasteiger partial charge in [-0.05, 0) is 18.1 Å². The molecule has 0 fully saturated rings. The number of ether oxygens (including phenoxy) is 2. The molecule has 2 atom stereocenters. The Hall–Kier alpha value is -3.39. The summed E-state index contributed by atoms with van der Waals surface area (Å²) in [6.45, 7) is 1.27. The molecular formula is C22H26N2O6. The molecule has 0 aliphatic heterocycles. The molecule has 2 aromatic rings. The molecule has 0 bridgehead atoms. The Kier molecular flexibility index (Phi) is 8.83. The molecule has 0 saturated carbocycles. The van der Waals surface area contributed by atoms with Gasteiger partial charge in [0.05, 0.1) is 13.7 Å².